The predicted octanol–water partition coefficient (Wildman–Crippen LogP) is 4.76. The maximum absolute atomic E-state index is 12.6. The van der Waals surface area contributed by atoms with Gasteiger partial charge in [-0.3, -0.25) is 4.55 Å². The summed E-state index contributed by atoms with van der Waals surface area (Å²) >= 11 is 11.9. The average molecular weight is 428 g/mol. The second kappa shape index (κ2) is 7.55. The van der Waals surface area contributed by atoms with E-state index in [0.717, 1.165) is 0 Å². The van der Waals surface area contributed by atoms with Crippen LogP contribution in [0.15, 0.2) is 78.9 Å². The Bertz CT molecular complexity index is 946. The highest BCUT2D eigenvalue weighted by Gasteiger charge is 2.60. The summed E-state index contributed by atoms with van der Waals surface area (Å²) in [5.41, 5.74) is 0. The summed E-state index contributed by atoms with van der Waals surface area (Å²) in [6.07, 6.45) is 0. The molecule has 0 aliphatic rings. The third-order valence-electron chi connectivity index (χ3n) is 3.64. The molecule has 0 bridgehead atoms. The van der Waals surface area contributed by atoms with Crippen LogP contribution in [0, 0.1) is 0 Å². The highest BCUT2D eigenvalue weighted by molar-refractivity contribution is 8.58. The topological polar surface area (TPSA) is 63.6 Å². The summed E-state index contributed by atoms with van der Waals surface area (Å²) in [4.78, 5) is 0. The highest BCUT2D eigenvalue weighted by Crippen LogP contribution is 2.62. The van der Waals surface area contributed by atoms with Gasteiger partial charge in [-0.15, -0.1) is 0 Å². The molecule has 0 spiro atoms. The number of hydrogen-bond acceptors (Lipinski definition) is 3. The molecule has 0 aliphatic heterocycles. The molecule has 4 nitrogen and oxygen atoms in total. The Morgan fingerprint density at radius 1 is 0.731 bits per heavy atom. The molecular formula is C18H14Cl2O4PS+. The van der Waals surface area contributed by atoms with Crippen LogP contribution in [-0.2, 0) is 9.74 Å². The molecule has 0 fully saturated rings. The van der Waals surface area contributed by atoms with Gasteiger partial charge in [-0.1, -0.05) is 41.4 Å². The first-order valence-corrected chi connectivity index (χ1v) is 12.0. The van der Waals surface area contributed by atoms with Gasteiger partial charge in [0.2, 0.25) is 0 Å². The van der Waals surface area contributed by atoms with Crippen molar-refractivity contribution in [3.8, 4) is 5.75 Å². The van der Waals surface area contributed by atoms with E-state index in [2.05, 4.69) is 0 Å². The largest absolute Gasteiger partial charge is 0.427 e. The van der Waals surface area contributed by atoms with Gasteiger partial charge in [0.25, 0.3) is 0 Å². The van der Waals surface area contributed by atoms with Crippen molar-refractivity contribution in [2.24, 2.45) is 0 Å². The summed E-state index contributed by atoms with van der Waals surface area (Å²) in [5.74, 6) is 0.323. The van der Waals surface area contributed by atoms with Gasteiger partial charge in [0.1, 0.15) is 0 Å². The van der Waals surface area contributed by atoms with E-state index in [0.29, 0.717) is 26.4 Å². The third-order valence-corrected chi connectivity index (χ3v) is 10.7. The summed E-state index contributed by atoms with van der Waals surface area (Å²) in [6, 6.07) is 20.9. The average Bonchev–Trinajstić information content (AvgIpc) is 2.61. The van der Waals surface area contributed by atoms with E-state index in [-0.39, 0.29) is 0 Å². The van der Waals surface area contributed by atoms with Gasteiger partial charge in [-0.05, 0) is 60.7 Å². The van der Waals surface area contributed by atoms with E-state index in [1.165, 1.54) is 0 Å². The van der Waals surface area contributed by atoms with Crippen LogP contribution >= 0.6 is 29.9 Å². The molecule has 8 heteroatoms. The summed E-state index contributed by atoms with van der Waals surface area (Å²) in [5, 5.41) is 1.52. The smallest absolute Gasteiger partial charge is 0.319 e. The third kappa shape index (κ3) is 3.73. The van der Waals surface area contributed by atoms with E-state index in [4.69, 9.17) is 27.7 Å². The van der Waals surface area contributed by atoms with E-state index < -0.39 is 16.4 Å². The van der Waals surface area contributed by atoms with Crippen molar-refractivity contribution < 1.29 is 17.5 Å². The van der Waals surface area contributed by atoms with Crippen molar-refractivity contribution in [3.63, 3.8) is 0 Å². The number of para-hydroxylation sites is 1. The van der Waals surface area contributed by atoms with Crippen LogP contribution in [0.5, 0.6) is 5.75 Å². The quantitative estimate of drug-likeness (QED) is 0.470. The lowest BCUT2D eigenvalue weighted by molar-refractivity contribution is 0.493. The van der Waals surface area contributed by atoms with Gasteiger partial charge in [-0.25, -0.2) is 0 Å². The van der Waals surface area contributed by atoms with E-state index >= 15 is 0 Å². The van der Waals surface area contributed by atoms with Crippen LogP contribution in [0.4, 0.5) is 0 Å². The lowest BCUT2D eigenvalue weighted by Crippen LogP contribution is -2.32. The molecule has 0 aliphatic carbocycles. The Morgan fingerprint density at radius 3 is 1.54 bits per heavy atom. The second-order valence-electron chi connectivity index (χ2n) is 5.36. The first kappa shape index (κ1) is 19.2. The fourth-order valence-corrected chi connectivity index (χ4v) is 8.23. The molecule has 3 aromatic carbocycles. The zero-order chi connectivity index (χ0) is 18.8. The molecule has 0 radical (unpaired) electrons. The fraction of sp³-hybridized carbons (Fsp3) is 0. The van der Waals surface area contributed by atoms with Crippen LogP contribution in [0.1, 0.15) is 0 Å². The van der Waals surface area contributed by atoms with Gasteiger partial charge >= 0.3 is 16.4 Å². The van der Waals surface area contributed by atoms with Gasteiger partial charge in [0.05, 0.1) is 0 Å². The lowest BCUT2D eigenvalue weighted by atomic mass is 10.3. The minimum Gasteiger partial charge on any atom is -0.319 e. The standard InChI is InChI=1S/C18H13Cl2O4PS/c19-14-6-10-17(11-7-14)25(26(21,22)23,18-12-8-15(20)9-13-18)24-16-4-2-1-3-5-16/h1-13H/p+1. The molecule has 0 aromatic heterocycles. The van der Waals surface area contributed by atoms with Crippen molar-refractivity contribution in [3.05, 3.63) is 88.9 Å². The van der Waals surface area contributed by atoms with Gasteiger partial charge in [-0.2, -0.15) is 8.42 Å². The molecule has 3 rings (SSSR count). The van der Waals surface area contributed by atoms with Crippen LogP contribution in [-0.4, -0.2) is 13.0 Å². The Kier molecular flexibility index (Phi) is 5.56. The zero-order valence-corrected chi connectivity index (χ0v) is 16.5. The summed E-state index contributed by atoms with van der Waals surface area (Å²) in [7, 11) is -4.65. The molecule has 134 valence electrons. The maximum atomic E-state index is 12.6. The predicted molar refractivity (Wildman–Crippen MR) is 108 cm³/mol. The molecule has 0 saturated carbocycles. The maximum Gasteiger partial charge on any atom is 0.427 e. The van der Waals surface area contributed by atoms with Crippen molar-refractivity contribution >= 4 is 50.2 Å². The Balaban J connectivity index is 2.30. The molecule has 3 aromatic rings. The number of rotatable bonds is 5. The van der Waals surface area contributed by atoms with Gasteiger partial charge < -0.3 is 4.52 Å². The lowest BCUT2D eigenvalue weighted by Gasteiger charge is -2.22. The van der Waals surface area contributed by atoms with Crippen molar-refractivity contribution in [2.75, 3.05) is 0 Å². The normalized spacial score (nSPS) is 12.0. The zero-order valence-electron chi connectivity index (χ0n) is 13.3. The Hall–Kier alpha value is -1.62. The highest BCUT2D eigenvalue weighted by atomic mass is 35.5. The van der Waals surface area contributed by atoms with Gasteiger partial charge in [0, 0.05) is 10.0 Å². The molecule has 0 heterocycles. The minimum absolute atomic E-state index is 0.315. The van der Waals surface area contributed by atoms with E-state index in [9.17, 15) is 13.0 Å². The van der Waals surface area contributed by atoms with Crippen LogP contribution in [0.3, 0.4) is 0 Å². The van der Waals surface area contributed by atoms with Crippen molar-refractivity contribution in [2.45, 2.75) is 0 Å². The van der Waals surface area contributed by atoms with Crippen LogP contribution in [0.25, 0.3) is 0 Å². The summed E-state index contributed by atoms with van der Waals surface area (Å²) in [6.45, 7) is -3.74. The molecule has 0 saturated heterocycles. The second-order valence-corrected chi connectivity index (χ2v) is 12.4. The van der Waals surface area contributed by atoms with Crippen molar-refractivity contribution in [1.29, 1.82) is 0 Å². The van der Waals surface area contributed by atoms with Crippen LogP contribution in [0.2, 0.25) is 10.0 Å². The number of hydrogen-bond donors (Lipinski definition) is 1. The molecule has 0 unspecified atom stereocenters. The Morgan fingerprint density at radius 2 is 1.15 bits per heavy atom. The first-order valence-electron chi connectivity index (χ1n) is 7.46. The van der Waals surface area contributed by atoms with Crippen molar-refractivity contribution in [1.82, 2.24) is 0 Å². The Labute approximate surface area is 162 Å². The number of benzene rings is 3. The minimum atomic E-state index is -4.65. The molecule has 1 N–H and O–H groups in total. The van der Waals surface area contributed by atoms with E-state index in [1.54, 1.807) is 78.9 Å². The SMILES string of the molecule is O=S(=O)(O)[P+](Oc1ccccc1)(c1ccc(Cl)cc1)c1ccc(Cl)cc1. The summed E-state index contributed by atoms with van der Waals surface area (Å²) < 4.78 is 41.6. The fourth-order valence-electron chi connectivity index (χ4n) is 2.47. The first-order chi connectivity index (χ1) is 12.3. The molecule has 0 amide bonds. The van der Waals surface area contributed by atoms with Gasteiger partial charge in [0.15, 0.2) is 16.4 Å². The molecule has 26 heavy (non-hydrogen) atoms. The van der Waals surface area contributed by atoms with E-state index in [1.807, 2.05) is 0 Å². The monoisotopic (exact) mass is 427 g/mol. The molecule has 0 atom stereocenters. The van der Waals surface area contributed by atoms with Crippen LogP contribution < -0.4 is 15.1 Å². The number of halogens is 2. The molecular weight excluding hydrogens is 414 g/mol.